The maximum Gasteiger partial charge on any atom is 0.224 e. The van der Waals surface area contributed by atoms with Gasteiger partial charge in [-0.2, -0.15) is 0 Å². The summed E-state index contributed by atoms with van der Waals surface area (Å²) >= 11 is 12.1. The highest BCUT2D eigenvalue weighted by Gasteiger charge is 2.37. The molecule has 0 saturated heterocycles. The van der Waals surface area contributed by atoms with Gasteiger partial charge in [-0.05, 0) is 37.8 Å². The molecular weight excluding hydrogens is 307 g/mol. The van der Waals surface area contributed by atoms with E-state index in [4.69, 9.17) is 28.9 Å². The molecule has 1 fully saturated rings. The average molecular weight is 329 g/mol. The first-order valence-corrected chi connectivity index (χ1v) is 8.17. The molecule has 1 aliphatic carbocycles. The molecule has 2 rings (SSSR count). The normalized spacial score (nSPS) is 25.6. The highest BCUT2D eigenvalue weighted by atomic mass is 35.5. The minimum atomic E-state index is -0.393. The fraction of sp³-hybridized carbons (Fsp3) is 0.562. The molecule has 1 saturated carbocycles. The first-order chi connectivity index (χ1) is 9.92. The molecule has 21 heavy (non-hydrogen) atoms. The summed E-state index contributed by atoms with van der Waals surface area (Å²) in [7, 11) is 0. The third-order valence-corrected chi connectivity index (χ3v) is 5.15. The van der Waals surface area contributed by atoms with Gasteiger partial charge in [-0.1, -0.05) is 48.2 Å². The maximum atomic E-state index is 12.3. The molecule has 0 bridgehead atoms. The second-order valence-corrected chi connectivity index (χ2v) is 6.84. The van der Waals surface area contributed by atoms with Crippen LogP contribution in [0.25, 0.3) is 0 Å². The van der Waals surface area contributed by atoms with E-state index in [1.165, 1.54) is 0 Å². The number of nitrogens with one attached hydrogen (secondary N) is 1. The highest BCUT2D eigenvalue weighted by molar-refractivity contribution is 6.42. The number of hydrogen-bond acceptors (Lipinski definition) is 2. The van der Waals surface area contributed by atoms with E-state index in [-0.39, 0.29) is 11.8 Å². The molecule has 3 nitrogen and oxygen atoms in total. The average Bonchev–Trinajstić information content (AvgIpc) is 2.43. The Morgan fingerprint density at radius 1 is 1.43 bits per heavy atom. The maximum absolute atomic E-state index is 12.3. The van der Waals surface area contributed by atoms with Crippen LogP contribution in [0.1, 0.15) is 38.2 Å². The van der Waals surface area contributed by atoms with Gasteiger partial charge in [0.15, 0.2) is 0 Å². The third kappa shape index (κ3) is 4.12. The number of nitrogens with two attached hydrogens (primary N) is 1. The Labute approximate surface area is 136 Å². The minimum Gasteiger partial charge on any atom is -0.355 e. The van der Waals surface area contributed by atoms with E-state index in [1.807, 2.05) is 19.1 Å². The largest absolute Gasteiger partial charge is 0.355 e. The second-order valence-electron chi connectivity index (χ2n) is 6.06. The number of carbonyl (C=O) groups excluding carboxylic acids is 1. The van der Waals surface area contributed by atoms with Gasteiger partial charge >= 0.3 is 0 Å². The molecule has 0 aromatic heterocycles. The fourth-order valence-corrected chi connectivity index (χ4v) is 3.39. The summed E-state index contributed by atoms with van der Waals surface area (Å²) in [4.78, 5) is 12.3. The third-order valence-electron chi connectivity index (χ3n) is 4.30. The van der Waals surface area contributed by atoms with Crippen molar-refractivity contribution >= 4 is 29.1 Å². The van der Waals surface area contributed by atoms with Crippen LogP contribution in [0, 0.1) is 5.92 Å². The molecule has 116 valence electrons. The molecular formula is C16H22Cl2N2O. The van der Waals surface area contributed by atoms with Crippen LogP contribution < -0.4 is 11.1 Å². The Balaban J connectivity index is 1.88. The summed E-state index contributed by atoms with van der Waals surface area (Å²) < 4.78 is 0. The zero-order chi connectivity index (χ0) is 15.5. The standard InChI is InChI=1S/C16H22Cl2N2O/c1-16(19)9-3-2-6-12(16)15(21)20-10-8-11-5-4-7-13(17)14(11)18/h4-5,7,12H,2-3,6,8-10,19H2,1H3,(H,20,21). The van der Waals surface area contributed by atoms with Gasteiger partial charge in [0.05, 0.1) is 16.0 Å². The molecule has 1 aromatic rings. The highest BCUT2D eigenvalue weighted by Crippen LogP contribution is 2.31. The summed E-state index contributed by atoms with van der Waals surface area (Å²) in [5.41, 5.74) is 6.81. The van der Waals surface area contributed by atoms with E-state index in [0.717, 1.165) is 31.2 Å². The zero-order valence-electron chi connectivity index (χ0n) is 12.3. The van der Waals surface area contributed by atoms with Crippen molar-refractivity contribution in [3.8, 4) is 0 Å². The Bertz CT molecular complexity index is 517. The number of amides is 1. The lowest BCUT2D eigenvalue weighted by molar-refractivity contribution is -0.128. The molecule has 0 radical (unpaired) electrons. The first kappa shape index (κ1) is 16.6. The minimum absolute atomic E-state index is 0.0536. The summed E-state index contributed by atoms with van der Waals surface area (Å²) in [6.07, 6.45) is 4.63. The van der Waals surface area contributed by atoms with Gasteiger partial charge in [0.25, 0.3) is 0 Å². The molecule has 2 unspecified atom stereocenters. The van der Waals surface area contributed by atoms with Crippen molar-refractivity contribution in [2.45, 2.75) is 44.6 Å². The second kappa shape index (κ2) is 6.99. The molecule has 0 spiro atoms. The van der Waals surface area contributed by atoms with Gasteiger partial charge in [0.1, 0.15) is 0 Å². The molecule has 1 aromatic carbocycles. The van der Waals surface area contributed by atoms with Crippen LogP contribution in [0.4, 0.5) is 0 Å². The molecule has 5 heteroatoms. The SMILES string of the molecule is CC1(N)CCCCC1C(=O)NCCc1cccc(Cl)c1Cl. The van der Waals surface area contributed by atoms with E-state index in [0.29, 0.717) is 23.0 Å². The molecule has 0 heterocycles. The number of hydrogen-bond donors (Lipinski definition) is 2. The first-order valence-electron chi connectivity index (χ1n) is 7.41. The van der Waals surface area contributed by atoms with Crippen molar-refractivity contribution in [1.29, 1.82) is 0 Å². The number of rotatable bonds is 4. The van der Waals surface area contributed by atoms with Crippen molar-refractivity contribution in [2.75, 3.05) is 6.54 Å². The fourth-order valence-electron chi connectivity index (χ4n) is 2.97. The topological polar surface area (TPSA) is 55.1 Å². The van der Waals surface area contributed by atoms with Crippen molar-refractivity contribution in [3.63, 3.8) is 0 Å². The quantitative estimate of drug-likeness (QED) is 0.887. The van der Waals surface area contributed by atoms with E-state index in [9.17, 15) is 4.79 Å². The van der Waals surface area contributed by atoms with Crippen LogP contribution in [-0.4, -0.2) is 18.0 Å². The van der Waals surface area contributed by atoms with E-state index >= 15 is 0 Å². The predicted molar refractivity (Wildman–Crippen MR) is 87.7 cm³/mol. The smallest absolute Gasteiger partial charge is 0.224 e. The zero-order valence-corrected chi connectivity index (χ0v) is 13.8. The summed E-state index contributed by atoms with van der Waals surface area (Å²) in [5, 5.41) is 4.09. The summed E-state index contributed by atoms with van der Waals surface area (Å²) in [6, 6.07) is 5.55. The van der Waals surface area contributed by atoms with Crippen LogP contribution in [0.5, 0.6) is 0 Å². The monoisotopic (exact) mass is 328 g/mol. The molecule has 3 N–H and O–H groups in total. The lowest BCUT2D eigenvalue weighted by Crippen LogP contribution is -2.53. The Morgan fingerprint density at radius 2 is 2.19 bits per heavy atom. The van der Waals surface area contributed by atoms with Crippen molar-refractivity contribution in [1.82, 2.24) is 5.32 Å². The van der Waals surface area contributed by atoms with Crippen LogP contribution >= 0.6 is 23.2 Å². The van der Waals surface area contributed by atoms with Gasteiger partial charge in [-0.15, -0.1) is 0 Å². The van der Waals surface area contributed by atoms with Crippen LogP contribution in [0.15, 0.2) is 18.2 Å². The van der Waals surface area contributed by atoms with Gasteiger partial charge in [-0.3, -0.25) is 4.79 Å². The van der Waals surface area contributed by atoms with Crippen LogP contribution in [-0.2, 0) is 11.2 Å². The summed E-state index contributed by atoms with van der Waals surface area (Å²) in [6.45, 7) is 2.52. The molecule has 1 aliphatic rings. The van der Waals surface area contributed by atoms with Crippen molar-refractivity contribution < 1.29 is 4.79 Å². The lowest BCUT2D eigenvalue weighted by Gasteiger charge is -2.37. The van der Waals surface area contributed by atoms with Crippen molar-refractivity contribution in [2.24, 2.45) is 11.7 Å². The van der Waals surface area contributed by atoms with E-state index < -0.39 is 5.54 Å². The Kier molecular flexibility index (Phi) is 5.53. The molecule has 0 aliphatic heterocycles. The van der Waals surface area contributed by atoms with Gasteiger partial charge in [0, 0.05) is 12.1 Å². The summed E-state index contributed by atoms with van der Waals surface area (Å²) in [5.74, 6) is -0.0427. The van der Waals surface area contributed by atoms with Crippen LogP contribution in [0.2, 0.25) is 10.0 Å². The molecule has 2 atom stereocenters. The number of carbonyl (C=O) groups is 1. The number of benzene rings is 1. The van der Waals surface area contributed by atoms with Gasteiger partial charge in [0.2, 0.25) is 5.91 Å². The van der Waals surface area contributed by atoms with E-state index in [2.05, 4.69) is 5.32 Å². The predicted octanol–water partition coefficient (Wildman–Crippen LogP) is 3.56. The van der Waals surface area contributed by atoms with Crippen LogP contribution in [0.3, 0.4) is 0 Å². The van der Waals surface area contributed by atoms with E-state index in [1.54, 1.807) is 6.07 Å². The molecule has 1 amide bonds. The van der Waals surface area contributed by atoms with Crippen molar-refractivity contribution in [3.05, 3.63) is 33.8 Å². The number of halogens is 2. The Hall–Kier alpha value is -0.770. The lowest BCUT2D eigenvalue weighted by atomic mass is 9.74. The Morgan fingerprint density at radius 3 is 2.90 bits per heavy atom. The van der Waals surface area contributed by atoms with Gasteiger partial charge < -0.3 is 11.1 Å². The van der Waals surface area contributed by atoms with Gasteiger partial charge in [-0.25, -0.2) is 0 Å².